The predicted octanol–water partition coefficient (Wildman–Crippen LogP) is 3.28. The van der Waals surface area contributed by atoms with Crippen LogP contribution in [0, 0.1) is 0 Å². The molecule has 0 aromatic carbocycles. The van der Waals surface area contributed by atoms with Crippen molar-refractivity contribution in [3.05, 3.63) is 40.1 Å². The van der Waals surface area contributed by atoms with Gasteiger partial charge >= 0.3 is 5.97 Å². The Morgan fingerprint density at radius 2 is 2.09 bits per heavy atom. The average molecular weight is 354 g/mol. The van der Waals surface area contributed by atoms with E-state index < -0.39 is 11.3 Å². The minimum Gasteiger partial charge on any atom is -0.465 e. The summed E-state index contributed by atoms with van der Waals surface area (Å²) in [4.78, 5) is 32.3. The van der Waals surface area contributed by atoms with E-state index in [1.165, 1.54) is 11.3 Å². The van der Waals surface area contributed by atoms with E-state index in [2.05, 4.69) is 15.3 Å². The highest BCUT2D eigenvalue weighted by Crippen LogP contribution is 2.28. The summed E-state index contributed by atoms with van der Waals surface area (Å²) in [6.07, 6.45) is 0. The molecule has 0 spiro atoms. The summed E-state index contributed by atoms with van der Waals surface area (Å²) in [7, 11) is 0. The van der Waals surface area contributed by atoms with Crippen molar-refractivity contribution in [1.82, 2.24) is 9.97 Å². The molecule has 0 fully saturated rings. The number of anilines is 1. The van der Waals surface area contributed by atoms with Crippen LogP contribution in [0.2, 0.25) is 5.15 Å². The molecule has 2 aromatic rings. The standard InChI is InChI=1S/C15H16ClN3O3S/c1-4-22-13(21)15(2,3)10-8-23-14(18-10)19-12(20)9-6-5-7-11(16)17-9/h5-8H,4H2,1-3H3,(H,18,19,20). The minimum absolute atomic E-state index is 0.193. The van der Waals surface area contributed by atoms with Crippen LogP contribution in [0.15, 0.2) is 23.6 Å². The fourth-order valence-electron chi connectivity index (χ4n) is 1.73. The lowest BCUT2D eigenvalue weighted by Crippen LogP contribution is -2.31. The summed E-state index contributed by atoms with van der Waals surface area (Å²) in [5.41, 5.74) is -0.154. The molecule has 0 saturated heterocycles. The molecule has 1 amide bonds. The van der Waals surface area contributed by atoms with Crippen LogP contribution in [0.4, 0.5) is 5.13 Å². The lowest BCUT2D eigenvalue weighted by molar-refractivity contribution is -0.148. The van der Waals surface area contributed by atoms with E-state index in [0.717, 1.165) is 0 Å². The van der Waals surface area contributed by atoms with Gasteiger partial charge < -0.3 is 4.74 Å². The van der Waals surface area contributed by atoms with Gasteiger partial charge in [0.05, 0.1) is 12.3 Å². The fraction of sp³-hybridized carbons (Fsp3) is 0.333. The van der Waals surface area contributed by atoms with Gasteiger partial charge in [-0.1, -0.05) is 17.7 Å². The van der Waals surface area contributed by atoms with Crippen molar-refractivity contribution in [2.45, 2.75) is 26.2 Å². The molecule has 0 bridgehead atoms. The number of halogens is 1. The zero-order valence-corrected chi connectivity index (χ0v) is 14.5. The van der Waals surface area contributed by atoms with Crippen LogP contribution in [0.25, 0.3) is 0 Å². The molecule has 0 aliphatic carbocycles. The fourth-order valence-corrected chi connectivity index (χ4v) is 2.77. The molecule has 2 rings (SSSR count). The van der Waals surface area contributed by atoms with E-state index in [9.17, 15) is 9.59 Å². The van der Waals surface area contributed by atoms with Crippen molar-refractivity contribution in [2.75, 3.05) is 11.9 Å². The molecule has 0 unspecified atom stereocenters. The van der Waals surface area contributed by atoms with Crippen molar-refractivity contribution >= 4 is 39.9 Å². The summed E-state index contributed by atoms with van der Waals surface area (Å²) >= 11 is 6.99. The summed E-state index contributed by atoms with van der Waals surface area (Å²) < 4.78 is 5.05. The van der Waals surface area contributed by atoms with Gasteiger partial charge in [-0.3, -0.25) is 14.9 Å². The molecule has 23 heavy (non-hydrogen) atoms. The first-order valence-electron chi connectivity index (χ1n) is 6.91. The summed E-state index contributed by atoms with van der Waals surface area (Å²) in [5.74, 6) is -0.776. The molecule has 8 heteroatoms. The van der Waals surface area contributed by atoms with Crippen LogP contribution in [0.3, 0.4) is 0 Å². The maximum absolute atomic E-state index is 12.1. The highest BCUT2D eigenvalue weighted by Gasteiger charge is 2.34. The molecule has 1 N–H and O–H groups in total. The number of hydrogen-bond acceptors (Lipinski definition) is 6. The number of esters is 1. The van der Waals surface area contributed by atoms with Gasteiger partial charge in [-0.15, -0.1) is 11.3 Å². The Morgan fingerprint density at radius 3 is 2.74 bits per heavy atom. The number of rotatable bonds is 5. The monoisotopic (exact) mass is 353 g/mol. The number of carbonyl (C=O) groups excluding carboxylic acids is 2. The molecule has 0 radical (unpaired) electrons. The van der Waals surface area contributed by atoms with Gasteiger partial charge in [0, 0.05) is 5.38 Å². The molecule has 122 valence electrons. The number of thiazole rings is 1. The van der Waals surface area contributed by atoms with Gasteiger partial charge in [-0.25, -0.2) is 9.97 Å². The van der Waals surface area contributed by atoms with E-state index in [4.69, 9.17) is 16.3 Å². The van der Waals surface area contributed by atoms with Crippen molar-refractivity contribution in [1.29, 1.82) is 0 Å². The molecule has 2 heterocycles. The third kappa shape index (κ3) is 4.05. The molecule has 0 aliphatic heterocycles. The number of hydrogen-bond donors (Lipinski definition) is 1. The summed E-state index contributed by atoms with van der Waals surface area (Å²) in [5, 5.41) is 4.98. The maximum Gasteiger partial charge on any atom is 0.317 e. The second-order valence-corrected chi connectivity index (χ2v) is 6.43. The van der Waals surface area contributed by atoms with Gasteiger partial charge in [0.1, 0.15) is 16.3 Å². The highest BCUT2D eigenvalue weighted by atomic mass is 35.5. The maximum atomic E-state index is 12.1. The normalized spacial score (nSPS) is 11.1. The second-order valence-electron chi connectivity index (χ2n) is 5.18. The smallest absolute Gasteiger partial charge is 0.317 e. The topological polar surface area (TPSA) is 81.2 Å². The first-order chi connectivity index (χ1) is 10.8. The number of pyridine rings is 1. The van der Waals surface area contributed by atoms with Crippen molar-refractivity contribution < 1.29 is 14.3 Å². The van der Waals surface area contributed by atoms with Gasteiger partial charge in [0.15, 0.2) is 5.13 Å². The average Bonchev–Trinajstić information content (AvgIpc) is 2.96. The molecule has 0 aliphatic rings. The number of amides is 1. The van der Waals surface area contributed by atoms with Crippen molar-refractivity contribution in [3.8, 4) is 0 Å². The van der Waals surface area contributed by atoms with Crippen LogP contribution in [0.1, 0.15) is 37.0 Å². The zero-order chi connectivity index (χ0) is 17.0. The molecular weight excluding hydrogens is 338 g/mol. The molecule has 0 atom stereocenters. The quantitative estimate of drug-likeness (QED) is 0.659. The highest BCUT2D eigenvalue weighted by molar-refractivity contribution is 7.14. The van der Waals surface area contributed by atoms with Crippen molar-refractivity contribution in [2.24, 2.45) is 0 Å². The van der Waals surface area contributed by atoms with Crippen LogP contribution in [-0.2, 0) is 14.9 Å². The summed E-state index contributed by atoms with van der Waals surface area (Å²) in [6.45, 7) is 5.50. The van der Waals surface area contributed by atoms with Crippen LogP contribution in [0.5, 0.6) is 0 Å². The number of nitrogens with zero attached hydrogens (tertiary/aromatic N) is 2. The Hall–Kier alpha value is -1.99. The Labute approximate surface area is 142 Å². The lowest BCUT2D eigenvalue weighted by atomic mass is 9.90. The van der Waals surface area contributed by atoms with Gasteiger partial charge in [-0.05, 0) is 32.9 Å². The predicted molar refractivity (Wildman–Crippen MR) is 89.0 cm³/mol. The largest absolute Gasteiger partial charge is 0.465 e. The third-order valence-corrected chi connectivity index (χ3v) is 4.07. The minimum atomic E-state index is -0.885. The second kappa shape index (κ2) is 7.06. The number of nitrogens with one attached hydrogen (secondary N) is 1. The molecule has 2 aromatic heterocycles. The third-order valence-electron chi connectivity index (χ3n) is 3.10. The first-order valence-corrected chi connectivity index (χ1v) is 8.17. The SMILES string of the molecule is CCOC(=O)C(C)(C)c1csc(NC(=O)c2cccc(Cl)n2)n1. The van der Waals surface area contributed by atoms with E-state index >= 15 is 0 Å². The number of ether oxygens (including phenoxy) is 1. The number of aromatic nitrogens is 2. The lowest BCUT2D eigenvalue weighted by Gasteiger charge is -2.19. The molecule has 0 saturated carbocycles. The van der Waals surface area contributed by atoms with E-state index in [1.54, 1.807) is 44.4 Å². The zero-order valence-electron chi connectivity index (χ0n) is 12.9. The van der Waals surface area contributed by atoms with Gasteiger partial charge in [0.25, 0.3) is 5.91 Å². The van der Waals surface area contributed by atoms with E-state index in [-0.39, 0.29) is 16.8 Å². The molecular formula is C15H16ClN3O3S. The number of carbonyl (C=O) groups is 2. The van der Waals surface area contributed by atoms with E-state index in [0.29, 0.717) is 17.4 Å². The van der Waals surface area contributed by atoms with Gasteiger partial charge in [-0.2, -0.15) is 0 Å². The van der Waals surface area contributed by atoms with Crippen LogP contribution < -0.4 is 5.32 Å². The Morgan fingerprint density at radius 1 is 1.35 bits per heavy atom. The Bertz CT molecular complexity index is 730. The Balaban J connectivity index is 2.13. The van der Waals surface area contributed by atoms with Crippen LogP contribution in [-0.4, -0.2) is 28.5 Å². The van der Waals surface area contributed by atoms with Crippen molar-refractivity contribution in [3.63, 3.8) is 0 Å². The van der Waals surface area contributed by atoms with Gasteiger partial charge in [0.2, 0.25) is 0 Å². The Kier molecular flexibility index (Phi) is 5.33. The van der Waals surface area contributed by atoms with E-state index in [1.807, 2.05) is 0 Å². The summed E-state index contributed by atoms with van der Waals surface area (Å²) in [6, 6.07) is 4.78. The molecule has 6 nitrogen and oxygen atoms in total. The van der Waals surface area contributed by atoms with Crippen LogP contribution >= 0.6 is 22.9 Å². The first kappa shape index (κ1) is 17.4.